The molecule has 0 aliphatic heterocycles. The monoisotopic (exact) mass is 231 g/mol. The highest BCUT2D eigenvalue weighted by Crippen LogP contribution is 2.20. The highest BCUT2D eigenvalue weighted by molar-refractivity contribution is 5.40. The Labute approximate surface area is 101 Å². The van der Waals surface area contributed by atoms with Crippen LogP contribution in [0.5, 0.6) is 0 Å². The predicted molar refractivity (Wildman–Crippen MR) is 66.6 cm³/mol. The highest BCUT2D eigenvalue weighted by atomic mass is 16.5. The number of nitrogens with zero attached hydrogens (tertiary/aromatic N) is 2. The van der Waals surface area contributed by atoms with Crippen molar-refractivity contribution in [2.45, 2.75) is 32.6 Å². The molecule has 1 atom stereocenters. The second-order valence-corrected chi connectivity index (χ2v) is 4.23. The van der Waals surface area contributed by atoms with E-state index in [1.165, 1.54) is 5.56 Å². The molecule has 0 spiro atoms. The molecule has 0 amide bonds. The largest absolute Gasteiger partial charge is 0.399 e. The summed E-state index contributed by atoms with van der Waals surface area (Å²) in [5.41, 5.74) is 7.68. The van der Waals surface area contributed by atoms with Crippen molar-refractivity contribution in [2.75, 3.05) is 5.73 Å². The van der Waals surface area contributed by atoms with E-state index in [1.807, 2.05) is 31.2 Å². The second-order valence-electron chi connectivity index (χ2n) is 4.23. The number of hydrogen-bond acceptors (Lipinski definition) is 4. The Morgan fingerprint density at radius 2 is 2.00 bits per heavy atom. The molecule has 90 valence electrons. The first-order valence-electron chi connectivity index (χ1n) is 5.86. The van der Waals surface area contributed by atoms with Gasteiger partial charge in [-0.2, -0.15) is 4.98 Å². The summed E-state index contributed by atoms with van der Waals surface area (Å²) in [6, 6.07) is 7.91. The molecule has 4 heteroatoms. The van der Waals surface area contributed by atoms with Gasteiger partial charge in [0.1, 0.15) is 0 Å². The molecule has 0 bridgehead atoms. The zero-order chi connectivity index (χ0) is 12.3. The van der Waals surface area contributed by atoms with Crippen LogP contribution < -0.4 is 5.73 Å². The lowest BCUT2D eigenvalue weighted by molar-refractivity contribution is 0.367. The van der Waals surface area contributed by atoms with Crippen LogP contribution in [0.3, 0.4) is 0 Å². The van der Waals surface area contributed by atoms with Gasteiger partial charge in [0.25, 0.3) is 0 Å². The van der Waals surface area contributed by atoms with E-state index in [0.717, 1.165) is 24.4 Å². The molecule has 0 aliphatic rings. The molecule has 0 saturated carbocycles. The van der Waals surface area contributed by atoms with Crippen LogP contribution >= 0.6 is 0 Å². The Kier molecular flexibility index (Phi) is 3.42. The summed E-state index contributed by atoms with van der Waals surface area (Å²) in [5.74, 6) is 1.82. The number of nitrogens with two attached hydrogens (primary N) is 1. The number of rotatable bonds is 4. The molecule has 1 aromatic carbocycles. The standard InChI is InChI=1S/C13H17N3O/c1-3-12-15-13(17-16-12)8-9(2)10-4-6-11(14)7-5-10/h4-7,9H,3,8,14H2,1-2H3. The van der Waals surface area contributed by atoms with E-state index in [9.17, 15) is 0 Å². The summed E-state index contributed by atoms with van der Waals surface area (Å²) >= 11 is 0. The number of aromatic nitrogens is 2. The molecular formula is C13H17N3O. The first kappa shape index (κ1) is 11.6. The quantitative estimate of drug-likeness (QED) is 0.821. The minimum atomic E-state index is 0.348. The Bertz CT molecular complexity index is 476. The molecule has 0 aliphatic carbocycles. The van der Waals surface area contributed by atoms with E-state index in [2.05, 4.69) is 17.1 Å². The van der Waals surface area contributed by atoms with Gasteiger partial charge in [-0.1, -0.05) is 31.1 Å². The molecule has 2 N–H and O–H groups in total. The van der Waals surface area contributed by atoms with Gasteiger partial charge in [0.05, 0.1) is 0 Å². The Hall–Kier alpha value is -1.84. The third kappa shape index (κ3) is 2.84. The summed E-state index contributed by atoms with van der Waals surface area (Å²) in [4.78, 5) is 4.31. The number of benzene rings is 1. The molecule has 1 unspecified atom stereocenters. The van der Waals surface area contributed by atoms with Crippen LogP contribution in [0.15, 0.2) is 28.8 Å². The van der Waals surface area contributed by atoms with Gasteiger partial charge in [-0.25, -0.2) is 0 Å². The van der Waals surface area contributed by atoms with Crippen molar-refractivity contribution in [1.82, 2.24) is 10.1 Å². The molecule has 0 saturated heterocycles. The molecule has 2 rings (SSSR count). The lowest BCUT2D eigenvalue weighted by atomic mass is 9.98. The lowest BCUT2D eigenvalue weighted by Crippen LogP contribution is -1.99. The molecule has 1 heterocycles. The number of nitrogen functional groups attached to an aromatic ring is 1. The summed E-state index contributed by atoms with van der Waals surface area (Å²) in [5, 5.41) is 3.89. The van der Waals surface area contributed by atoms with Gasteiger partial charge >= 0.3 is 0 Å². The molecule has 0 fully saturated rings. The number of hydrogen-bond donors (Lipinski definition) is 1. The minimum absolute atomic E-state index is 0.348. The first-order valence-corrected chi connectivity index (χ1v) is 5.86. The third-order valence-corrected chi connectivity index (χ3v) is 2.81. The SMILES string of the molecule is CCc1noc(CC(C)c2ccc(N)cc2)n1. The lowest BCUT2D eigenvalue weighted by Gasteiger charge is -2.08. The van der Waals surface area contributed by atoms with Crippen molar-refractivity contribution >= 4 is 5.69 Å². The van der Waals surface area contributed by atoms with E-state index in [-0.39, 0.29) is 0 Å². The summed E-state index contributed by atoms with van der Waals surface area (Å²) in [6.45, 7) is 4.15. The van der Waals surface area contributed by atoms with Crippen LogP contribution in [0.1, 0.15) is 37.0 Å². The molecule has 0 radical (unpaired) electrons. The Balaban J connectivity index is 2.05. The molecule has 2 aromatic rings. The van der Waals surface area contributed by atoms with Crippen molar-refractivity contribution in [3.8, 4) is 0 Å². The topological polar surface area (TPSA) is 64.9 Å². The fourth-order valence-electron chi connectivity index (χ4n) is 1.72. The fraction of sp³-hybridized carbons (Fsp3) is 0.385. The number of anilines is 1. The third-order valence-electron chi connectivity index (χ3n) is 2.81. The van der Waals surface area contributed by atoms with Crippen molar-refractivity contribution < 1.29 is 4.52 Å². The summed E-state index contributed by atoms with van der Waals surface area (Å²) in [7, 11) is 0. The van der Waals surface area contributed by atoms with Crippen LogP contribution in [0.25, 0.3) is 0 Å². The van der Waals surface area contributed by atoms with Gasteiger partial charge in [-0.3, -0.25) is 0 Å². The maximum Gasteiger partial charge on any atom is 0.227 e. The van der Waals surface area contributed by atoms with Crippen molar-refractivity contribution in [2.24, 2.45) is 0 Å². The van der Waals surface area contributed by atoms with Crippen molar-refractivity contribution in [1.29, 1.82) is 0 Å². The Morgan fingerprint density at radius 1 is 1.29 bits per heavy atom. The van der Waals surface area contributed by atoms with Crippen LogP contribution in [-0.2, 0) is 12.8 Å². The van der Waals surface area contributed by atoms with Crippen LogP contribution in [0, 0.1) is 0 Å². The highest BCUT2D eigenvalue weighted by Gasteiger charge is 2.11. The minimum Gasteiger partial charge on any atom is -0.399 e. The maximum atomic E-state index is 5.66. The van der Waals surface area contributed by atoms with E-state index < -0.39 is 0 Å². The smallest absolute Gasteiger partial charge is 0.227 e. The second kappa shape index (κ2) is 4.99. The van der Waals surface area contributed by atoms with E-state index in [0.29, 0.717) is 11.8 Å². The maximum absolute atomic E-state index is 5.66. The van der Waals surface area contributed by atoms with Gasteiger partial charge in [-0.15, -0.1) is 0 Å². The fourth-order valence-corrected chi connectivity index (χ4v) is 1.72. The molecular weight excluding hydrogens is 214 g/mol. The van der Waals surface area contributed by atoms with E-state index in [1.54, 1.807) is 0 Å². The first-order chi connectivity index (χ1) is 8.19. The zero-order valence-electron chi connectivity index (χ0n) is 10.2. The molecule has 17 heavy (non-hydrogen) atoms. The van der Waals surface area contributed by atoms with Crippen LogP contribution in [0.2, 0.25) is 0 Å². The Morgan fingerprint density at radius 3 is 2.59 bits per heavy atom. The average Bonchev–Trinajstić information content (AvgIpc) is 2.77. The predicted octanol–water partition coefficient (Wildman–Crippen LogP) is 2.56. The van der Waals surface area contributed by atoms with Crippen molar-refractivity contribution in [3.05, 3.63) is 41.5 Å². The van der Waals surface area contributed by atoms with Gasteiger partial charge < -0.3 is 10.3 Å². The molecule has 1 aromatic heterocycles. The normalized spacial score (nSPS) is 12.6. The van der Waals surface area contributed by atoms with Gasteiger partial charge in [0, 0.05) is 18.5 Å². The van der Waals surface area contributed by atoms with Crippen molar-refractivity contribution in [3.63, 3.8) is 0 Å². The van der Waals surface area contributed by atoms with Gasteiger partial charge in [0.2, 0.25) is 5.89 Å². The van der Waals surface area contributed by atoms with Crippen LogP contribution in [-0.4, -0.2) is 10.1 Å². The summed E-state index contributed by atoms with van der Waals surface area (Å²) < 4.78 is 5.19. The average molecular weight is 231 g/mol. The number of aryl methyl sites for hydroxylation is 1. The van der Waals surface area contributed by atoms with Crippen LogP contribution in [0.4, 0.5) is 5.69 Å². The van der Waals surface area contributed by atoms with Gasteiger partial charge in [-0.05, 0) is 23.6 Å². The summed E-state index contributed by atoms with van der Waals surface area (Å²) in [6.07, 6.45) is 1.57. The molecule has 4 nitrogen and oxygen atoms in total. The van der Waals surface area contributed by atoms with Gasteiger partial charge in [0.15, 0.2) is 5.82 Å². The zero-order valence-corrected chi connectivity index (χ0v) is 10.2. The van der Waals surface area contributed by atoms with E-state index >= 15 is 0 Å². The van der Waals surface area contributed by atoms with E-state index in [4.69, 9.17) is 10.3 Å².